The lowest BCUT2D eigenvalue weighted by Gasteiger charge is -2.20. The molecule has 0 radical (unpaired) electrons. The maximum Gasteiger partial charge on any atom is 0.123 e. The average molecular weight is 237 g/mol. The highest BCUT2D eigenvalue weighted by Gasteiger charge is 2.10. The summed E-state index contributed by atoms with van der Waals surface area (Å²) in [6, 6.07) is 5.62. The third kappa shape index (κ3) is 4.47. The van der Waals surface area contributed by atoms with Crippen molar-refractivity contribution in [1.29, 1.82) is 0 Å². The quantitative estimate of drug-likeness (QED) is 0.795. The predicted octanol–water partition coefficient (Wildman–Crippen LogP) is 3.70. The Morgan fingerprint density at radius 2 is 2.00 bits per heavy atom. The molecule has 0 aliphatic heterocycles. The van der Waals surface area contributed by atoms with Crippen molar-refractivity contribution in [2.75, 3.05) is 7.05 Å². The monoisotopic (exact) mass is 237 g/mol. The third-order valence-electron chi connectivity index (χ3n) is 3.45. The molecule has 0 aromatic heterocycles. The number of nitrogens with one attached hydrogen (secondary N) is 1. The number of halogens is 1. The molecule has 0 aliphatic rings. The second-order valence-electron chi connectivity index (χ2n) is 5.10. The van der Waals surface area contributed by atoms with Crippen LogP contribution in [0.15, 0.2) is 18.2 Å². The number of aryl methyl sites for hydroxylation is 2. The molecule has 96 valence electrons. The Morgan fingerprint density at radius 3 is 2.59 bits per heavy atom. The lowest BCUT2D eigenvalue weighted by Crippen LogP contribution is -2.30. The second kappa shape index (κ2) is 6.75. The summed E-state index contributed by atoms with van der Waals surface area (Å²) in [5.74, 6) is 0.522. The molecule has 0 bridgehead atoms. The summed E-state index contributed by atoms with van der Waals surface area (Å²) in [5.41, 5.74) is 2.33. The van der Waals surface area contributed by atoms with Crippen LogP contribution in [-0.2, 0) is 6.42 Å². The number of rotatable bonds is 6. The Labute approximate surface area is 104 Å². The molecule has 0 heterocycles. The van der Waals surface area contributed by atoms with E-state index >= 15 is 0 Å². The van der Waals surface area contributed by atoms with Gasteiger partial charge in [0.1, 0.15) is 5.82 Å². The molecule has 1 nitrogen and oxygen atoms in total. The van der Waals surface area contributed by atoms with Crippen molar-refractivity contribution < 1.29 is 4.39 Å². The Balaban J connectivity index is 2.47. The van der Waals surface area contributed by atoms with Gasteiger partial charge in [-0.15, -0.1) is 0 Å². The first-order valence-electron chi connectivity index (χ1n) is 6.47. The SMILES string of the molecule is CNC(CCCc1cc(F)ccc1C)C(C)C. The van der Waals surface area contributed by atoms with Crippen molar-refractivity contribution in [3.8, 4) is 0 Å². The minimum Gasteiger partial charge on any atom is -0.317 e. The fourth-order valence-corrected chi connectivity index (χ4v) is 2.23. The molecule has 0 aliphatic carbocycles. The van der Waals surface area contributed by atoms with Crippen molar-refractivity contribution in [2.24, 2.45) is 5.92 Å². The van der Waals surface area contributed by atoms with Gasteiger partial charge in [-0.05, 0) is 62.4 Å². The third-order valence-corrected chi connectivity index (χ3v) is 3.45. The Bertz CT molecular complexity index is 347. The number of hydrogen-bond acceptors (Lipinski definition) is 1. The highest BCUT2D eigenvalue weighted by atomic mass is 19.1. The van der Waals surface area contributed by atoms with E-state index in [0.717, 1.165) is 24.8 Å². The van der Waals surface area contributed by atoms with Crippen LogP contribution in [0.4, 0.5) is 4.39 Å². The maximum atomic E-state index is 13.1. The fraction of sp³-hybridized carbons (Fsp3) is 0.600. The van der Waals surface area contributed by atoms with Crippen LogP contribution >= 0.6 is 0 Å². The van der Waals surface area contributed by atoms with E-state index in [9.17, 15) is 4.39 Å². The van der Waals surface area contributed by atoms with Crippen LogP contribution in [0.2, 0.25) is 0 Å². The average Bonchev–Trinajstić information content (AvgIpc) is 2.28. The smallest absolute Gasteiger partial charge is 0.123 e. The largest absolute Gasteiger partial charge is 0.317 e. The standard InChI is InChI=1S/C15H24FN/c1-11(2)15(17-4)7-5-6-13-10-14(16)9-8-12(13)3/h8-11,15,17H,5-7H2,1-4H3. The normalized spacial score (nSPS) is 13.1. The molecular weight excluding hydrogens is 213 g/mol. The van der Waals surface area contributed by atoms with Crippen molar-refractivity contribution in [3.63, 3.8) is 0 Å². The van der Waals surface area contributed by atoms with Gasteiger partial charge in [-0.3, -0.25) is 0 Å². The number of hydrogen-bond donors (Lipinski definition) is 1. The lowest BCUT2D eigenvalue weighted by molar-refractivity contribution is 0.393. The van der Waals surface area contributed by atoms with Crippen LogP contribution in [0.25, 0.3) is 0 Å². The van der Waals surface area contributed by atoms with Crippen LogP contribution in [0, 0.1) is 18.7 Å². The summed E-state index contributed by atoms with van der Waals surface area (Å²) in [6.07, 6.45) is 3.21. The van der Waals surface area contributed by atoms with Gasteiger partial charge in [0.2, 0.25) is 0 Å². The molecular formula is C15H24FN. The van der Waals surface area contributed by atoms with Crippen LogP contribution < -0.4 is 5.32 Å². The molecule has 1 atom stereocenters. The van der Waals surface area contributed by atoms with E-state index < -0.39 is 0 Å². The van der Waals surface area contributed by atoms with E-state index in [1.54, 1.807) is 6.07 Å². The van der Waals surface area contributed by atoms with Crippen LogP contribution in [0.3, 0.4) is 0 Å². The van der Waals surface area contributed by atoms with Gasteiger partial charge in [0, 0.05) is 6.04 Å². The molecule has 1 rings (SSSR count). The summed E-state index contributed by atoms with van der Waals surface area (Å²) in [4.78, 5) is 0. The van der Waals surface area contributed by atoms with Crippen molar-refractivity contribution in [2.45, 2.75) is 46.1 Å². The summed E-state index contributed by atoms with van der Waals surface area (Å²) in [5, 5.41) is 3.34. The van der Waals surface area contributed by atoms with Crippen molar-refractivity contribution >= 4 is 0 Å². The van der Waals surface area contributed by atoms with Crippen molar-refractivity contribution in [3.05, 3.63) is 35.1 Å². The molecule has 0 saturated carbocycles. The number of benzene rings is 1. The molecule has 17 heavy (non-hydrogen) atoms. The first-order chi connectivity index (χ1) is 8.04. The second-order valence-corrected chi connectivity index (χ2v) is 5.10. The minimum absolute atomic E-state index is 0.125. The van der Waals surface area contributed by atoms with E-state index in [1.165, 1.54) is 11.6 Å². The molecule has 0 amide bonds. The van der Waals surface area contributed by atoms with Crippen LogP contribution in [0.5, 0.6) is 0 Å². The molecule has 1 unspecified atom stereocenters. The Hall–Kier alpha value is -0.890. The van der Waals surface area contributed by atoms with Gasteiger partial charge in [-0.25, -0.2) is 4.39 Å². The van der Waals surface area contributed by atoms with Crippen molar-refractivity contribution in [1.82, 2.24) is 5.32 Å². The Morgan fingerprint density at radius 1 is 1.29 bits per heavy atom. The van der Waals surface area contributed by atoms with Crippen LogP contribution in [-0.4, -0.2) is 13.1 Å². The van der Waals surface area contributed by atoms with E-state index in [-0.39, 0.29) is 5.82 Å². The van der Waals surface area contributed by atoms with E-state index in [1.807, 2.05) is 20.0 Å². The van der Waals surface area contributed by atoms with E-state index in [2.05, 4.69) is 19.2 Å². The van der Waals surface area contributed by atoms with Gasteiger partial charge < -0.3 is 5.32 Å². The lowest BCUT2D eigenvalue weighted by atomic mass is 9.96. The summed E-state index contributed by atoms with van der Waals surface area (Å²) in [6.45, 7) is 6.51. The Kier molecular flexibility index (Phi) is 5.63. The highest BCUT2D eigenvalue weighted by molar-refractivity contribution is 5.26. The zero-order valence-electron chi connectivity index (χ0n) is 11.4. The van der Waals surface area contributed by atoms with Gasteiger partial charge in [-0.2, -0.15) is 0 Å². The van der Waals surface area contributed by atoms with Gasteiger partial charge in [0.15, 0.2) is 0 Å². The molecule has 1 N–H and O–H groups in total. The van der Waals surface area contributed by atoms with Gasteiger partial charge in [0.25, 0.3) is 0 Å². The summed E-state index contributed by atoms with van der Waals surface area (Å²) >= 11 is 0. The summed E-state index contributed by atoms with van der Waals surface area (Å²) < 4.78 is 13.1. The first-order valence-corrected chi connectivity index (χ1v) is 6.47. The molecule has 1 aromatic rings. The maximum absolute atomic E-state index is 13.1. The first kappa shape index (κ1) is 14.2. The molecule has 1 aromatic carbocycles. The van der Waals surface area contributed by atoms with Gasteiger partial charge >= 0.3 is 0 Å². The predicted molar refractivity (Wildman–Crippen MR) is 71.8 cm³/mol. The zero-order valence-corrected chi connectivity index (χ0v) is 11.4. The minimum atomic E-state index is -0.125. The molecule has 0 fully saturated rings. The van der Waals surface area contributed by atoms with E-state index in [0.29, 0.717) is 12.0 Å². The topological polar surface area (TPSA) is 12.0 Å². The van der Waals surface area contributed by atoms with Crippen LogP contribution in [0.1, 0.15) is 37.8 Å². The molecule has 0 saturated heterocycles. The highest BCUT2D eigenvalue weighted by Crippen LogP contribution is 2.15. The van der Waals surface area contributed by atoms with Gasteiger partial charge in [-0.1, -0.05) is 19.9 Å². The molecule has 0 spiro atoms. The van der Waals surface area contributed by atoms with E-state index in [4.69, 9.17) is 0 Å². The zero-order chi connectivity index (χ0) is 12.8. The summed E-state index contributed by atoms with van der Waals surface area (Å²) in [7, 11) is 2.01. The molecule has 2 heteroatoms. The fourth-order valence-electron chi connectivity index (χ4n) is 2.23. The van der Waals surface area contributed by atoms with Gasteiger partial charge in [0.05, 0.1) is 0 Å².